The van der Waals surface area contributed by atoms with Crippen LogP contribution in [0.2, 0.25) is 0 Å². The van der Waals surface area contributed by atoms with Gasteiger partial charge < -0.3 is 10.4 Å². The van der Waals surface area contributed by atoms with Gasteiger partial charge in [0.1, 0.15) is 5.75 Å². The Morgan fingerprint density at radius 3 is 2.56 bits per heavy atom. The molecule has 0 radical (unpaired) electrons. The van der Waals surface area contributed by atoms with Crippen molar-refractivity contribution in [3.8, 4) is 5.75 Å². The highest BCUT2D eigenvalue weighted by atomic mass is 16.3. The molecule has 2 aromatic rings. The molecule has 0 saturated heterocycles. The minimum absolute atomic E-state index is 0.0514. The molecular weight excluding hydrogens is 226 g/mol. The van der Waals surface area contributed by atoms with E-state index in [0.29, 0.717) is 18.5 Å². The van der Waals surface area contributed by atoms with Crippen LogP contribution in [0.4, 0.5) is 5.69 Å². The van der Waals surface area contributed by atoms with Gasteiger partial charge in [0.15, 0.2) is 0 Å². The van der Waals surface area contributed by atoms with Crippen LogP contribution in [0.5, 0.6) is 5.75 Å². The molecule has 0 atom stereocenters. The van der Waals surface area contributed by atoms with Gasteiger partial charge in [0, 0.05) is 18.2 Å². The van der Waals surface area contributed by atoms with Crippen LogP contribution >= 0.6 is 0 Å². The van der Waals surface area contributed by atoms with E-state index in [-0.39, 0.29) is 11.7 Å². The zero-order valence-electron chi connectivity index (χ0n) is 9.97. The Morgan fingerprint density at radius 2 is 1.83 bits per heavy atom. The first-order valence-electron chi connectivity index (χ1n) is 5.87. The van der Waals surface area contributed by atoms with Gasteiger partial charge in [0.2, 0.25) is 5.91 Å². The van der Waals surface area contributed by atoms with E-state index in [0.717, 1.165) is 5.56 Å². The summed E-state index contributed by atoms with van der Waals surface area (Å²) in [6, 6.07) is 16.4. The van der Waals surface area contributed by atoms with Gasteiger partial charge in [-0.3, -0.25) is 4.79 Å². The van der Waals surface area contributed by atoms with Crippen LogP contribution in [-0.2, 0) is 11.2 Å². The molecule has 0 saturated carbocycles. The Morgan fingerprint density at radius 1 is 1.06 bits per heavy atom. The molecule has 0 unspecified atom stereocenters. The smallest absolute Gasteiger partial charge is 0.224 e. The summed E-state index contributed by atoms with van der Waals surface area (Å²) in [7, 11) is 0. The number of anilines is 1. The van der Waals surface area contributed by atoms with Crippen LogP contribution in [0.1, 0.15) is 12.0 Å². The number of nitrogens with one attached hydrogen (secondary N) is 1. The van der Waals surface area contributed by atoms with Gasteiger partial charge in [0.05, 0.1) is 0 Å². The molecule has 3 heteroatoms. The summed E-state index contributed by atoms with van der Waals surface area (Å²) in [6.07, 6.45) is 1.14. The monoisotopic (exact) mass is 241 g/mol. The molecule has 0 aromatic heterocycles. The SMILES string of the molecule is O=C(CCc1ccccc1)Nc1cccc(O)c1. The molecule has 2 N–H and O–H groups in total. The van der Waals surface area contributed by atoms with E-state index in [1.165, 1.54) is 6.07 Å². The maximum absolute atomic E-state index is 11.7. The Labute approximate surface area is 106 Å². The van der Waals surface area contributed by atoms with Crippen LogP contribution in [0.15, 0.2) is 54.6 Å². The highest BCUT2D eigenvalue weighted by molar-refractivity contribution is 5.90. The van der Waals surface area contributed by atoms with Crippen molar-refractivity contribution in [2.24, 2.45) is 0 Å². The predicted molar refractivity (Wildman–Crippen MR) is 71.5 cm³/mol. The lowest BCUT2D eigenvalue weighted by molar-refractivity contribution is -0.116. The maximum atomic E-state index is 11.7. The number of aryl methyl sites for hydroxylation is 1. The first kappa shape index (κ1) is 12.2. The van der Waals surface area contributed by atoms with Crippen molar-refractivity contribution in [1.29, 1.82) is 0 Å². The summed E-state index contributed by atoms with van der Waals surface area (Å²) in [6.45, 7) is 0. The number of benzene rings is 2. The average Bonchev–Trinajstić information content (AvgIpc) is 2.38. The number of amides is 1. The molecule has 0 bridgehead atoms. The first-order valence-corrected chi connectivity index (χ1v) is 5.87. The van der Waals surface area contributed by atoms with Crippen molar-refractivity contribution in [2.75, 3.05) is 5.32 Å². The second kappa shape index (κ2) is 5.87. The number of hydrogen-bond donors (Lipinski definition) is 2. The van der Waals surface area contributed by atoms with Gasteiger partial charge in [-0.1, -0.05) is 36.4 Å². The van der Waals surface area contributed by atoms with E-state index < -0.39 is 0 Å². The van der Waals surface area contributed by atoms with Crippen molar-refractivity contribution in [2.45, 2.75) is 12.8 Å². The molecule has 3 nitrogen and oxygen atoms in total. The van der Waals surface area contributed by atoms with Crippen LogP contribution in [0.25, 0.3) is 0 Å². The van der Waals surface area contributed by atoms with Crippen LogP contribution < -0.4 is 5.32 Å². The van der Waals surface area contributed by atoms with Crippen molar-refractivity contribution in [3.63, 3.8) is 0 Å². The topological polar surface area (TPSA) is 49.3 Å². The molecule has 92 valence electrons. The number of phenols is 1. The second-order valence-electron chi connectivity index (χ2n) is 4.08. The minimum atomic E-state index is -0.0514. The number of carbonyl (C=O) groups is 1. The summed E-state index contributed by atoms with van der Waals surface area (Å²) >= 11 is 0. The van der Waals surface area contributed by atoms with E-state index >= 15 is 0 Å². The van der Waals surface area contributed by atoms with E-state index in [9.17, 15) is 9.90 Å². The Balaban J connectivity index is 1.86. The van der Waals surface area contributed by atoms with Crippen molar-refractivity contribution >= 4 is 11.6 Å². The Hall–Kier alpha value is -2.29. The third-order valence-electron chi connectivity index (χ3n) is 2.61. The number of aromatic hydroxyl groups is 1. The van der Waals surface area contributed by atoms with Gasteiger partial charge in [-0.15, -0.1) is 0 Å². The largest absolute Gasteiger partial charge is 0.508 e. The third kappa shape index (κ3) is 3.63. The predicted octanol–water partition coefficient (Wildman–Crippen LogP) is 2.96. The minimum Gasteiger partial charge on any atom is -0.508 e. The van der Waals surface area contributed by atoms with Gasteiger partial charge in [-0.05, 0) is 24.1 Å². The summed E-state index contributed by atoms with van der Waals surface area (Å²) in [5.74, 6) is 0.0975. The fraction of sp³-hybridized carbons (Fsp3) is 0.133. The lowest BCUT2D eigenvalue weighted by Crippen LogP contribution is -2.12. The molecular formula is C15H15NO2. The standard InChI is InChI=1S/C15H15NO2/c17-14-8-4-7-13(11-14)16-15(18)10-9-12-5-2-1-3-6-12/h1-8,11,17H,9-10H2,(H,16,18). The fourth-order valence-corrected chi connectivity index (χ4v) is 1.71. The third-order valence-corrected chi connectivity index (χ3v) is 2.61. The lowest BCUT2D eigenvalue weighted by Gasteiger charge is -2.05. The van der Waals surface area contributed by atoms with Crippen molar-refractivity contribution in [1.82, 2.24) is 0 Å². The average molecular weight is 241 g/mol. The van der Waals surface area contributed by atoms with Gasteiger partial charge in [0.25, 0.3) is 0 Å². The number of carbonyl (C=O) groups excluding carboxylic acids is 1. The zero-order chi connectivity index (χ0) is 12.8. The maximum Gasteiger partial charge on any atom is 0.224 e. The Bertz CT molecular complexity index is 523. The van der Waals surface area contributed by atoms with Crippen molar-refractivity contribution < 1.29 is 9.90 Å². The zero-order valence-corrected chi connectivity index (χ0v) is 9.97. The summed E-state index contributed by atoms with van der Waals surface area (Å²) in [4.78, 5) is 11.7. The molecule has 2 aromatic carbocycles. The van der Waals surface area contributed by atoms with Crippen LogP contribution in [0.3, 0.4) is 0 Å². The summed E-state index contributed by atoms with van der Waals surface area (Å²) in [5, 5.41) is 12.0. The fourth-order valence-electron chi connectivity index (χ4n) is 1.71. The van der Waals surface area contributed by atoms with Crippen LogP contribution in [-0.4, -0.2) is 11.0 Å². The van der Waals surface area contributed by atoms with E-state index in [4.69, 9.17) is 0 Å². The Kier molecular flexibility index (Phi) is 3.97. The van der Waals surface area contributed by atoms with E-state index in [1.54, 1.807) is 18.2 Å². The second-order valence-corrected chi connectivity index (χ2v) is 4.08. The van der Waals surface area contributed by atoms with Crippen LogP contribution in [0, 0.1) is 0 Å². The normalized spacial score (nSPS) is 10.0. The molecule has 0 aliphatic heterocycles. The number of phenolic OH excluding ortho intramolecular Hbond substituents is 1. The van der Waals surface area contributed by atoms with Gasteiger partial charge >= 0.3 is 0 Å². The molecule has 1 amide bonds. The molecule has 0 aliphatic rings. The molecule has 18 heavy (non-hydrogen) atoms. The molecule has 0 heterocycles. The quantitative estimate of drug-likeness (QED) is 0.864. The van der Waals surface area contributed by atoms with Gasteiger partial charge in [-0.25, -0.2) is 0 Å². The highest BCUT2D eigenvalue weighted by Gasteiger charge is 2.03. The number of hydrogen-bond acceptors (Lipinski definition) is 2. The molecule has 0 aliphatic carbocycles. The van der Waals surface area contributed by atoms with Gasteiger partial charge in [-0.2, -0.15) is 0 Å². The van der Waals surface area contributed by atoms with Crippen molar-refractivity contribution in [3.05, 3.63) is 60.2 Å². The molecule has 0 spiro atoms. The first-order chi connectivity index (χ1) is 8.74. The highest BCUT2D eigenvalue weighted by Crippen LogP contribution is 2.15. The summed E-state index contributed by atoms with van der Waals surface area (Å²) in [5.41, 5.74) is 1.76. The summed E-state index contributed by atoms with van der Waals surface area (Å²) < 4.78 is 0. The van der Waals surface area contributed by atoms with E-state index in [2.05, 4.69) is 5.32 Å². The molecule has 0 fully saturated rings. The number of rotatable bonds is 4. The van der Waals surface area contributed by atoms with E-state index in [1.807, 2.05) is 30.3 Å². The lowest BCUT2D eigenvalue weighted by atomic mass is 10.1. The molecule has 2 rings (SSSR count).